The molecule has 2 N–H and O–H groups in total. The number of carboxylic acid groups (broad SMARTS) is 1. The molecule has 0 aromatic heterocycles. The Morgan fingerprint density at radius 3 is 2.08 bits per heavy atom. The molecule has 2 aromatic carbocycles. The summed E-state index contributed by atoms with van der Waals surface area (Å²) in [6.07, 6.45) is -0.212. The molecule has 2 aromatic rings. The highest BCUT2D eigenvalue weighted by Gasteiger charge is 2.20. The molecule has 25 heavy (non-hydrogen) atoms. The summed E-state index contributed by atoms with van der Waals surface area (Å²) in [4.78, 5) is 23.8. The van der Waals surface area contributed by atoms with Gasteiger partial charge in [0.15, 0.2) is 0 Å². The molecule has 0 aliphatic rings. The van der Waals surface area contributed by atoms with E-state index >= 15 is 0 Å². The molecule has 0 unspecified atom stereocenters. The number of amides is 1. The maximum Gasteiger partial charge on any atom is 0.305 e. The molecule has 6 heteroatoms. The van der Waals surface area contributed by atoms with E-state index in [-0.39, 0.29) is 6.42 Å². The van der Waals surface area contributed by atoms with E-state index < -0.39 is 17.9 Å². The number of aryl methyl sites for hydroxylation is 1. The quantitative estimate of drug-likeness (QED) is 0.807. The van der Waals surface area contributed by atoms with Crippen molar-refractivity contribution >= 4 is 11.9 Å². The molecule has 0 saturated heterocycles. The first kappa shape index (κ1) is 18.3. The summed E-state index contributed by atoms with van der Waals surface area (Å²) < 4.78 is 10.3. The minimum absolute atomic E-state index is 0.212. The molecule has 0 heterocycles. The van der Waals surface area contributed by atoms with Crippen molar-refractivity contribution in [3.05, 3.63) is 59.2 Å². The Morgan fingerprint density at radius 1 is 1.04 bits per heavy atom. The van der Waals surface area contributed by atoms with Crippen LogP contribution >= 0.6 is 0 Å². The SMILES string of the molecule is COc1cc(OC)cc(C(=O)N[C@H](CC(=O)O)c2ccc(C)cc2)c1. The predicted octanol–water partition coefficient (Wildman–Crippen LogP) is 2.96. The summed E-state index contributed by atoms with van der Waals surface area (Å²) in [7, 11) is 2.99. The second-order valence-corrected chi connectivity index (χ2v) is 5.64. The van der Waals surface area contributed by atoms with Gasteiger partial charge in [0.25, 0.3) is 5.91 Å². The molecule has 0 aliphatic heterocycles. The Labute approximate surface area is 146 Å². The third kappa shape index (κ3) is 4.97. The topological polar surface area (TPSA) is 84.9 Å². The van der Waals surface area contributed by atoms with Crippen molar-refractivity contribution in [2.75, 3.05) is 14.2 Å². The van der Waals surface area contributed by atoms with Gasteiger partial charge in [0.1, 0.15) is 11.5 Å². The van der Waals surface area contributed by atoms with Gasteiger partial charge in [-0.2, -0.15) is 0 Å². The number of ether oxygens (including phenoxy) is 2. The average molecular weight is 343 g/mol. The Kier molecular flexibility index (Phi) is 6.00. The maximum absolute atomic E-state index is 12.6. The van der Waals surface area contributed by atoms with Crippen molar-refractivity contribution in [2.45, 2.75) is 19.4 Å². The van der Waals surface area contributed by atoms with Crippen LogP contribution in [0.3, 0.4) is 0 Å². The molecule has 0 aliphatic carbocycles. The lowest BCUT2D eigenvalue weighted by Gasteiger charge is -2.18. The Morgan fingerprint density at radius 2 is 1.60 bits per heavy atom. The first-order valence-corrected chi connectivity index (χ1v) is 7.75. The fourth-order valence-corrected chi connectivity index (χ4v) is 2.41. The van der Waals surface area contributed by atoms with Gasteiger partial charge >= 0.3 is 5.97 Å². The molecule has 1 atom stereocenters. The van der Waals surface area contributed by atoms with Crippen molar-refractivity contribution in [3.63, 3.8) is 0 Å². The third-order valence-corrected chi connectivity index (χ3v) is 3.78. The summed E-state index contributed by atoms with van der Waals surface area (Å²) >= 11 is 0. The fourth-order valence-electron chi connectivity index (χ4n) is 2.41. The molecule has 2 rings (SSSR count). The molecular formula is C19H21NO5. The number of aliphatic carboxylic acids is 1. The van der Waals surface area contributed by atoms with Gasteiger partial charge in [-0.1, -0.05) is 29.8 Å². The molecule has 0 fully saturated rings. The highest BCUT2D eigenvalue weighted by molar-refractivity contribution is 5.95. The average Bonchev–Trinajstić information content (AvgIpc) is 2.60. The number of carboxylic acids is 1. The summed E-state index contributed by atoms with van der Waals surface area (Å²) in [5.41, 5.74) is 2.12. The van der Waals surface area contributed by atoms with E-state index in [0.717, 1.165) is 11.1 Å². The molecule has 132 valence electrons. The van der Waals surface area contributed by atoms with E-state index in [1.54, 1.807) is 18.2 Å². The fraction of sp³-hybridized carbons (Fsp3) is 0.263. The van der Waals surface area contributed by atoms with Crippen LogP contribution in [0.1, 0.15) is 33.9 Å². The number of benzene rings is 2. The smallest absolute Gasteiger partial charge is 0.305 e. The first-order valence-electron chi connectivity index (χ1n) is 7.75. The van der Waals surface area contributed by atoms with E-state index in [9.17, 15) is 9.59 Å². The van der Waals surface area contributed by atoms with Crippen LogP contribution in [0.4, 0.5) is 0 Å². The highest BCUT2D eigenvalue weighted by atomic mass is 16.5. The molecule has 0 spiro atoms. The predicted molar refractivity (Wildman–Crippen MR) is 93.2 cm³/mol. The lowest BCUT2D eigenvalue weighted by molar-refractivity contribution is -0.137. The lowest BCUT2D eigenvalue weighted by Crippen LogP contribution is -2.30. The molecule has 6 nitrogen and oxygen atoms in total. The van der Waals surface area contributed by atoms with Crippen LogP contribution in [0, 0.1) is 6.92 Å². The summed E-state index contributed by atoms with van der Waals surface area (Å²) in [5, 5.41) is 11.9. The van der Waals surface area contributed by atoms with Gasteiger partial charge in [0.05, 0.1) is 26.7 Å². The zero-order valence-electron chi connectivity index (χ0n) is 14.4. The van der Waals surface area contributed by atoms with Gasteiger partial charge in [-0.25, -0.2) is 0 Å². The van der Waals surface area contributed by atoms with Crippen LogP contribution in [-0.2, 0) is 4.79 Å². The van der Waals surface area contributed by atoms with E-state index in [1.807, 2.05) is 31.2 Å². The zero-order valence-corrected chi connectivity index (χ0v) is 14.4. The lowest BCUT2D eigenvalue weighted by atomic mass is 10.0. The van der Waals surface area contributed by atoms with E-state index in [0.29, 0.717) is 17.1 Å². The van der Waals surface area contributed by atoms with Gasteiger partial charge in [-0.3, -0.25) is 9.59 Å². The van der Waals surface area contributed by atoms with Crippen molar-refractivity contribution < 1.29 is 24.2 Å². The largest absolute Gasteiger partial charge is 0.497 e. The van der Waals surface area contributed by atoms with Gasteiger partial charge in [0, 0.05) is 11.6 Å². The number of nitrogens with one attached hydrogen (secondary N) is 1. The van der Waals surface area contributed by atoms with E-state index in [4.69, 9.17) is 14.6 Å². The van der Waals surface area contributed by atoms with Crippen molar-refractivity contribution in [1.82, 2.24) is 5.32 Å². The number of rotatable bonds is 7. The van der Waals surface area contributed by atoms with E-state index in [2.05, 4.69) is 5.32 Å². The van der Waals surface area contributed by atoms with Gasteiger partial charge in [-0.15, -0.1) is 0 Å². The number of methoxy groups -OCH3 is 2. The van der Waals surface area contributed by atoms with Crippen LogP contribution in [-0.4, -0.2) is 31.2 Å². The standard InChI is InChI=1S/C19H21NO5/c1-12-4-6-13(7-5-12)17(11-18(21)22)20-19(23)14-8-15(24-2)10-16(9-14)25-3/h4-10,17H,11H2,1-3H3,(H,20,23)(H,21,22)/t17-/m1/s1. The normalized spacial score (nSPS) is 11.5. The zero-order chi connectivity index (χ0) is 18.4. The Hall–Kier alpha value is -3.02. The van der Waals surface area contributed by atoms with Gasteiger partial charge < -0.3 is 19.9 Å². The van der Waals surface area contributed by atoms with Crippen molar-refractivity contribution in [1.29, 1.82) is 0 Å². The summed E-state index contributed by atoms with van der Waals surface area (Å²) in [6, 6.07) is 11.6. The van der Waals surface area contributed by atoms with Crippen molar-refractivity contribution in [2.24, 2.45) is 0 Å². The minimum atomic E-state index is -0.992. The Bertz CT molecular complexity index is 733. The first-order chi connectivity index (χ1) is 11.9. The number of hydrogen-bond donors (Lipinski definition) is 2. The van der Waals surface area contributed by atoms with E-state index in [1.165, 1.54) is 14.2 Å². The Balaban J connectivity index is 2.27. The summed E-state index contributed by atoms with van der Waals surface area (Å²) in [5.74, 6) is -0.428. The van der Waals surface area contributed by atoms with Crippen LogP contribution in [0.15, 0.2) is 42.5 Å². The number of hydrogen-bond acceptors (Lipinski definition) is 4. The second kappa shape index (κ2) is 8.19. The molecular weight excluding hydrogens is 322 g/mol. The summed E-state index contributed by atoms with van der Waals surface area (Å²) in [6.45, 7) is 1.94. The molecule has 0 radical (unpaired) electrons. The minimum Gasteiger partial charge on any atom is -0.497 e. The van der Waals surface area contributed by atoms with Crippen LogP contribution in [0.25, 0.3) is 0 Å². The number of carbonyl (C=O) groups is 2. The van der Waals surface area contributed by atoms with Gasteiger partial charge in [-0.05, 0) is 24.6 Å². The van der Waals surface area contributed by atoms with Crippen LogP contribution < -0.4 is 14.8 Å². The maximum atomic E-state index is 12.6. The second-order valence-electron chi connectivity index (χ2n) is 5.64. The number of carbonyl (C=O) groups excluding carboxylic acids is 1. The molecule has 0 saturated carbocycles. The third-order valence-electron chi connectivity index (χ3n) is 3.78. The highest BCUT2D eigenvalue weighted by Crippen LogP contribution is 2.24. The van der Waals surface area contributed by atoms with Crippen LogP contribution in [0.2, 0.25) is 0 Å². The van der Waals surface area contributed by atoms with Crippen molar-refractivity contribution in [3.8, 4) is 11.5 Å². The van der Waals surface area contributed by atoms with Crippen LogP contribution in [0.5, 0.6) is 11.5 Å². The van der Waals surface area contributed by atoms with Gasteiger partial charge in [0.2, 0.25) is 0 Å². The monoisotopic (exact) mass is 343 g/mol. The molecule has 0 bridgehead atoms. The molecule has 1 amide bonds.